The van der Waals surface area contributed by atoms with Gasteiger partial charge < -0.3 is 45.2 Å². The summed E-state index contributed by atoms with van der Waals surface area (Å²) in [5.74, 6) is -0.186. The zero-order chi connectivity index (χ0) is 33.5. The van der Waals surface area contributed by atoms with Gasteiger partial charge in [0.2, 0.25) is 0 Å². The quantitative estimate of drug-likeness (QED) is 0.164. The van der Waals surface area contributed by atoms with E-state index < -0.39 is 66.6 Å². The molecule has 0 spiro atoms. The second kappa shape index (κ2) is 12.1. The van der Waals surface area contributed by atoms with Crippen LogP contribution in [0.3, 0.4) is 0 Å². The molecule has 0 radical (unpaired) electrons. The fourth-order valence-electron chi connectivity index (χ4n) is 11.9. The van der Waals surface area contributed by atoms with Crippen LogP contribution in [0.1, 0.15) is 107 Å². The maximum Gasteiger partial charge on any atom is 0.186 e. The van der Waals surface area contributed by atoms with Crippen molar-refractivity contribution in [3.8, 4) is 0 Å². The van der Waals surface area contributed by atoms with E-state index in [1.54, 1.807) is 0 Å². The van der Waals surface area contributed by atoms with Gasteiger partial charge in [-0.15, -0.1) is 0 Å². The van der Waals surface area contributed by atoms with E-state index in [4.69, 9.17) is 9.47 Å². The highest BCUT2D eigenvalue weighted by atomic mass is 16.7. The van der Waals surface area contributed by atoms with Crippen molar-refractivity contribution in [2.45, 2.75) is 161 Å². The number of hydrogen-bond donors (Lipinski definition) is 7. The number of allylic oxidation sites excluding steroid dienone is 2. The minimum absolute atomic E-state index is 0.0548. The van der Waals surface area contributed by atoms with E-state index in [-0.39, 0.29) is 39.9 Å². The third-order valence-corrected chi connectivity index (χ3v) is 14.4. The highest BCUT2D eigenvalue weighted by Gasteiger charge is 2.73. The Labute approximate surface area is 270 Å². The summed E-state index contributed by atoms with van der Waals surface area (Å²) < 4.78 is 12.6. The van der Waals surface area contributed by atoms with Crippen LogP contribution >= 0.6 is 0 Å². The van der Waals surface area contributed by atoms with Gasteiger partial charge in [0.25, 0.3) is 0 Å². The van der Waals surface area contributed by atoms with Gasteiger partial charge in [0.1, 0.15) is 24.4 Å². The summed E-state index contributed by atoms with van der Waals surface area (Å²) in [5.41, 5.74) is -1.21. The van der Waals surface area contributed by atoms with Crippen LogP contribution in [0.4, 0.5) is 0 Å². The summed E-state index contributed by atoms with van der Waals surface area (Å²) in [6, 6.07) is 0. The molecule has 1 heterocycles. The second-order valence-corrected chi connectivity index (χ2v) is 17.5. The normalized spacial score (nSPS) is 52.2. The van der Waals surface area contributed by atoms with E-state index in [1.165, 1.54) is 5.57 Å². The first-order valence-corrected chi connectivity index (χ1v) is 17.4. The van der Waals surface area contributed by atoms with Gasteiger partial charge in [0.15, 0.2) is 6.29 Å². The molecule has 16 atom stereocenters. The maximum atomic E-state index is 12.1. The van der Waals surface area contributed by atoms with Crippen molar-refractivity contribution >= 4 is 0 Å². The summed E-state index contributed by atoms with van der Waals surface area (Å²) in [4.78, 5) is 0. The predicted octanol–water partition coefficient (Wildman–Crippen LogP) is 3.30. The minimum atomic E-state index is -1.54. The van der Waals surface area contributed by atoms with E-state index in [2.05, 4.69) is 54.5 Å². The molecule has 5 aliphatic rings. The van der Waals surface area contributed by atoms with Gasteiger partial charge in [-0.3, -0.25) is 0 Å². The molecule has 9 heteroatoms. The fraction of sp³-hybridized carbons (Fsp3) is 0.944. The van der Waals surface area contributed by atoms with Crippen LogP contribution in [0, 0.1) is 45.3 Å². The summed E-state index contributed by atoms with van der Waals surface area (Å²) in [6.45, 7) is 16.6. The predicted molar refractivity (Wildman–Crippen MR) is 170 cm³/mol. The summed E-state index contributed by atoms with van der Waals surface area (Å²) >= 11 is 0. The second-order valence-electron chi connectivity index (χ2n) is 17.5. The van der Waals surface area contributed by atoms with Gasteiger partial charge in [-0.2, -0.15) is 0 Å². The third kappa shape index (κ3) is 5.48. The molecule has 0 unspecified atom stereocenters. The number of rotatable bonds is 7. The molecule has 260 valence electrons. The van der Waals surface area contributed by atoms with Crippen molar-refractivity contribution in [1.82, 2.24) is 0 Å². The zero-order valence-electron chi connectivity index (χ0n) is 28.8. The molecule has 4 aliphatic carbocycles. The molecule has 9 nitrogen and oxygen atoms in total. The molecule has 1 aliphatic heterocycles. The van der Waals surface area contributed by atoms with Gasteiger partial charge in [-0.25, -0.2) is 0 Å². The first kappa shape index (κ1) is 35.7. The summed E-state index contributed by atoms with van der Waals surface area (Å²) in [6.07, 6.45) is -0.603. The molecule has 4 saturated carbocycles. The smallest absolute Gasteiger partial charge is 0.186 e. The van der Waals surface area contributed by atoms with Crippen LogP contribution in [-0.2, 0) is 9.47 Å². The number of fused-ring (bicyclic) bond motifs is 5. The number of hydrogen-bond acceptors (Lipinski definition) is 9. The Morgan fingerprint density at radius 3 is 2.22 bits per heavy atom. The Hall–Kier alpha value is -0.620. The lowest BCUT2D eigenvalue weighted by molar-refractivity contribution is -0.346. The number of aliphatic hydroxyl groups is 7. The van der Waals surface area contributed by atoms with Crippen LogP contribution in [0.25, 0.3) is 0 Å². The fourth-order valence-corrected chi connectivity index (χ4v) is 11.9. The Balaban J connectivity index is 1.54. The molecule has 0 aromatic carbocycles. The standard InChI is InChI=1S/C36H62O9/c1-19(2)10-9-13-36(8,43)20-11-15-34(6)26(20)21(38)16-24-33(5)14-12-25(39)32(3,4)30(33)22(17-35(24,34)7)44-31-29(42)28(41)27(40)23(18-37)45-31/h10,20-31,37-43H,9,11-18H2,1-8H3/t20-,21+,22-,23-,24+,25-,26-,27-,28+,29-,30+,31-,33+,34-,35+,36+/m0/s1. The molecular formula is C36H62O9. The van der Waals surface area contributed by atoms with Crippen molar-refractivity contribution in [1.29, 1.82) is 0 Å². The van der Waals surface area contributed by atoms with E-state index >= 15 is 0 Å². The van der Waals surface area contributed by atoms with Crippen LogP contribution in [0.2, 0.25) is 0 Å². The monoisotopic (exact) mass is 638 g/mol. The van der Waals surface area contributed by atoms with E-state index in [0.29, 0.717) is 25.7 Å². The highest BCUT2D eigenvalue weighted by Crippen LogP contribution is 2.76. The van der Waals surface area contributed by atoms with E-state index in [1.807, 2.05) is 6.92 Å². The molecule has 0 aromatic heterocycles. The van der Waals surface area contributed by atoms with E-state index in [9.17, 15) is 35.7 Å². The SMILES string of the molecule is CC(C)=CCC[C@@](C)(O)[C@H]1CC[C@@]2(C)[C@@H]1[C@H](O)C[C@@H]1[C@@]3(C)CC[C@H](O)C(C)(C)[C@H]3[C@@H](O[C@H]3O[C@@H](CO)[C@H](O)[C@@H](O)[C@@H]3O)C[C@]12C. The van der Waals surface area contributed by atoms with Crippen LogP contribution in [0.15, 0.2) is 11.6 Å². The lowest BCUT2D eigenvalue weighted by Gasteiger charge is -2.72. The van der Waals surface area contributed by atoms with Gasteiger partial charge in [-0.1, -0.05) is 46.3 Å². The van der Waals surface area contributed by atoms with Crippen molar-refractivity contribution < 1.29 is 45.2 Å². The van der Waals surface area contributed by atoms with Crippen molar-refractivity contribution in [2.24, 2.45) is 45.3 Å². The average molecular weight is 639 g/mol. The highest BCUT2D eigenvalue weighted by molar-refractivity contribution is 5.22. The van der Waals surface area contributed by atoms with Gasteiger partial charge in [0.05, 0.1) is 30.5 Å². The minimum Gasteiger partial charge on any atom is -0.394 e. The lowest BCUT2D eigenvalue weighted by atomic mass is 9.34. The largest absolute Gasteiger partial charge is 0.394 e. The average Bonchev–Trinajstić information content (AvgIpc) is 3.33. The molecule has 0 amide bonds. The molecule has 5 fully saturated rings. The molecular weight excluding hydrogens is 576 g/mol. The Kier molecular flexibility index (Phi) is 9.56. The summed E-state index contributed by atoms with van der Waals surface area (Å²) in [5, 5.41) is 77.2. The van der Waals surface area contributed by atoms with Crippen LogP contribution in [-0.4, -0.2) is 97.0 Å². The first-order chi connectivity index (χ1) is 20.8. The topological polar surface area (TPSA) is 160 Å². The lowest BCUT2D eigenvalue weighted by Crippen LogP contribution is -2.71. The first-order valence-electron chi connectivity index (χ1n) is 17.4. The van der Waals surface area contributed by atoms with Gasteiger partial charge in [0, 0.05) is 0 Å². The Bertz CT molecular complexity index is 1100. The summed E-state index contributed by atoms with van der Waals surface area (Å²) in [7, 11) is 0. The molecule has 45 heavy (non-hydrogen) atoms. The van der Waals surface area contributed by atoms with Crippen molar-refractivity contribution in [2.75, 3.05) is 6.61 Å². The molecule has 0 aromatic rings. The third-order valence-electron chi connectivity index (χ3n) is 14.4. The van der Waals surface area contributed by atoms with Crippen molar-refractivity contribution in [3.05, 3.63) is 11.6 Å². The van der Waals surface area contributed by atoms with Gasteiger partial charge in [-0.05, 0) is 117 Å². The Morgan fingerprint density at radius 2 is 1.60 bits per heavy atom. The number of aliphatic hydroxyl groups excluding tert-OH is 6. The molecule has 0 bridgehead atoms. The van der Waals surface area contributed by atoms with E-state index in [0.717, 1.165) is 25.7 Å². The molecule has 1 saturated heterocycles. The molecule has 7 N–H and O–H groups in total. The zero-order valence-corrected chi connectivity index (χ0v) is 28.8. The van der Waals surface area contributed by atoms with Crippen LogP contribution < -0.4 is 0 Å². The van der Waals surface area contributed by atoms with Gasteiger partial charge >= 0.3 is 0 Å². The maximum absolute atomic E-state index is 12.1. The van der Waals surface area contributed by atoms with Crippen molar-refractivity contribution in [3.63, 3.8) is 0 Å². The van der Waals surface area contributed by atoms with Crippen LogP contribution in [0.5, 0.6) is 0 Å². The number of ether oxygens (including phenoxy) is 2. The Morgan fingerprint density at radius 1 is 0.933 bits per heavy atom. The molecule has 5 rings (SSSR count).